The second kappa shape index (κ2) is 6.83. The van der Waals surface area contributed by atoms with E-state index < -0.39 is 28.9 Å². The normalized spacial score (nSPS) is 10.6. The Labute approximate surface area is 123 Å². The van der Waals surface area contributed by atoms with E-state index in [2.05, 4.69) is 9.97 Å². The van der Waals surface area contributed by atoms with Crippen molar-refractivity contribution in [2.75, 3.05) is 11.5 Å². The molecule has 0 atom stereocenters. The summed E-state index contributed by atoms with van der Waals surface area (Å²) in [4.78, 5) is 18.0. The molecule has 0 spiro atoms. The minimum absolute atomic E-state index is 0.213. The van der Waals surface area contributed by atoms with E-state index in [1.54, 1.807) is 6.07 Å². The van der Waals surface area contributed by atoms with Gasteiger partial charge >= 0.3 is 6.18 Å². The second-order valence-electron chi connectivity index (χ2n) is 4.06. The number of nitrogens with zero attached hydrogens (tertiary/aromatic N) is 2. The predicted molar refractivity (Wildman–Crippen MR) is 72.3 cm³/mol. The van der Waals surface area contributed by atoms with Crippen LogP contribution in [-0.4, -0.2) is 15.8 Å². The lowest BCUT2D eigenvalue weighted by atomic mass is 10.0. The van der Waals surface area contributed by atoms with Gasteiger partial charge in [0.2, 0.25) is 5.95 Å². The number of anilines is 2. The molecule has 0 aliphatic carbocycles. The molecule has 9 heteroatoms. The first-order chi connectivity index (χ1) is 10.1. The van der Waals surface area contributed by atoms with E-state index in [0.717, 1.165) is 19.1 Å². The number of alkyl halides is 3. The van der Waals surface area contributed by atoms with Gasteiger partial charge in [0, 0.05) is 6.20 Å². The van der Waals surface area contributed by atoms with E-state index in [1.165, 1.54) is 6.20 Å². The quantitative estimate of drug-likeness (QED) is 0.623. The summed E-state index contributed by atoms with van der Waals surface area (Å²) in [6.07, 6.45) is -3.19. The first-order valence-corrected chi connectivity index (χ1v) is 5.83. The second-order valence-corrected chi connectivity index (χ2v) is 4.06. The van der Waals surface area contributed by atoms with Crippen LogP contribution in [-0.2, 0) is 6.18 Å². The number of nitrogen functional groups attached to an aromatic ring is 2. The van der Waals surface area contributed by atoms with Crippen LogP contribution < -0.4 is 11.5 Å². The van der Waals surface area contributed by atoms with Crippen LogP contribution in [0.15, 0.2) is 30.5 Å². The number of hydrogen-bond donors (Lipinski definition) is 2. The van der Waals surface area contributed by atoms with Gasteiger partial charge < -0.3 is 11.5 Å². The molecule has 1 heterocycles. The van der Waals surface area contributed by atoms with Crippen LogP contribution in [0.1, 0.15) is 22.8 Å². The largest absolute Gasteiger partial charge is 0.417 e. The van der Waals surface area contributed by atoms with Gasteiger partial charge in [0.05, 0.1) is 11.1 Å². The predicted octanol–water partition coefficient (Wildman–Crippen LogP) is 2.69. The zero-order chi connectivity index (χ0) is 16.9. The molecule has 5 nitrogen and oxygen atoms in total. The van der Waals surface area contributed by atoms with Crippen molar-refractivity contribution >= 4 is 17.5 Å². The van der Waals surface area contributed by atoms with Crippen molar-refractivity contribution in [2.45, 2.75) is 13.1 Å². The summed E-state index contributed by atoms with van der Waals surface area (Å²) in [5.74, 6) is -1.47. The number of Topliss-reactive ketones (excluding diaryl/α,β-unsaturated/α-hetero) is 1. The van der Waals surface area contributed by atoms with Crippen molar-refractivity contribution in [3.63, 3.8) is 0 Å². The maximum absolute atomic E-state index is 12.9. The van der Waals surface area contributed by atoms with Gasteiger partial charge in [-0.25, -0.2) is 9.37 Å². The van der Waals surface area contributed by atoms with E-state index in [-0.39, 0.29) is 5.95 Å². The number of rotatable bonds is 1. The van der Waals surface area contributed by atoms with Gasteiger partial charge in [-0.05, 0) is 25.1 Å². The van der Waals surface area contributed by atoms with Gasteiger partial charge in [0.1, 0.15) is 11.6 Å². The van der Waals surface area contributed by atoms with Crippen LogP contribution >= 0.6 is 0 Å². The maximum atomic E-state index is 12.9. The van der Waals surface area contributed by atoms with Crippen molar-refractivity contribution in [2.24, 2.45) is 0 Å². The average molecular weight is 316 g/mol. The highest BCUT2D eigenvalue weighted by Crippen LogP contribution is 2.33. The summed E-state index contributed by atoms with van der Waals surface area (Å²) in [5, 5.41) is 0. The molecule has 2 aromatic rings. The third-order valence-corrected chi connectivity index (χ3v) is 2.37. The van der Waals surface area contributed by atoms with Crippen LogP contribution in [0, 0.1) is 5.82 Å². The Hall–Kier alpha value is -2.71. The fourth-order valence-electron chi connectivity index (χ4n) is 1.51. The fraction of sp³-hybridized carbons (Fsp3) is 0.154. The minimum atomic E-state index is -4.71. The number of nitrogens with two attached hydrogens (primary N) is 2. The van der Waals surface area contributed by atoms with E-state index in [9.17, 15) is 22.4 Å². The van der Waals surface area contributed by atoms with Gasteiger partial charge in [-0.2, -0.15) is 18.2 Å². The molecule has 0 radical (unpaired) electrons. The minimum Gasteiger partial charge on any atom is -0.384 e. The van der Waals surface area contributed by atoms with Crippen molar-refractivity contribution < 1.29 is 22.4 Å². The molecule has 2 rings (SSSR count). The summed E-state index contributed by atoms with van der Waals surface area (Å²) < 4.78 is 49.7. The molecule has 0 amide bonds. The zero-order valence-electron chi connectivity index (χ0n) is 11.4. The molecule has 1 aromatic carbocycles. The van der Waals surface area contributed by atoms with Gasteiger partial charge in [-0.1, -0.05) is 6.07 Å². The summed E-state index contributed by atoms with van der Waals surface area (Å²) >= 11 is 0. The lowest BCUT2D eigenvalue weighted by Gasteiger charge is -2.10. The Kier molecular flexibility index (Phi) is 5.39. The molecule has 0 unspecified atom stereocenters. The summed E-state index contributed by atoms with van der Waals surface area (Å²) in [6, 6.07) is 4.01. The number of ketones is 1. The lowest BCUT2D eigenvalue weighted by molar-refractivity contribution is -0.138. The average Bonchev–Trinajstić information content (AvgIpc) is 2.37. The SMILES string of the molecule is CC(=O)c1c(F)cccc1C(F)(F)F.Nc1ccnc(N)n1. The first kappa shape index (κ1) is 17.3. The molecule has 118 valence electrons. The molecular weight excluding hydrogens is 304 g/mol. The molecule has 0 saturated heterocycles. The molecule has 0 aliphatic rings. The van der Waals surface area contributed by atoms with E-state index >= 15 is 0 Å². The highest BCUT2D eigenvalue weighted by molar-refractivity contribution is 5.96. The van der Waals surface area contributed by atoms with Crippen molar-refractivity contribution in [3.8, 4) is 0 Å². The van der Waals surface area contributed by atoms with Gasteiger partial charge in [-0.15, -0.1) is 0 Å². The molecule has 22 heavy (non-hydrogen) atoms. The third kappa shape index (κ3) is 4.69. The van der Waals surface area contributed by atoms with Crippen molar-refractivity contribution in [3.05, 3.63) is 47.4 Å². The molecule has 1 aromatic heterocycles. The standard InChI is InChI=1S/C9H6F4O.C4H6N4/c1-5(14)8-6(9(11,12)13)3-2-4-7(8)10;5-3-1-2-7-4(6)8-3/h2-4H,1H3;1-2H,(H4,5,6,7,8). The van der Waals surface area contributed by atoms with Gasteiger partial charge in [0.15, 0.2) is 5.78 Å². The number of aromatic nitrogens is 2. The Morgan fingerprint density at radius 2 is 1.82 bits per heavy atom. The van der Waals surface area contributed by atoms with Gasteiger partial charge in [-0.3, -0.25) is 4.79 Å². The smallest absolute Gasteiger partial charge is 0.384 e. The highest BCUT2D eigenvalue weighted by Gasteiger charge is 2.35. The Bertz CT molecular complexity index is 656. The summed E-state index contributed by atoms with van der Waals surface area (Å²) in [5.41, 5.74) is 8.25. The number of carbonyl (C=O) groups excluding carboxylic acids is 1. The number of hydrogen-bond acceptors (Lipinski definition) is 5. The summed E-state index contributed by atoms with van der Waals surface area (Å²) in [6.45, 7) is 0.896. The van der Waals surface area contributed by atoms with E-state index in [1.807, 2.05) is 0 Å². The Balaban J connectivity index is 0.000000255. The lowest BCUT2D eigenvalue weighted by Crippen LogP contribution is -2.13. The van der Waals surface area contributed by atoms with Crippen LogP contribution in [0.5, 0.6) is 0 Å². The number of carbonyl (C=O) groups is 1. The highest BCUT2D eigenvalue weighted by atomic mass is 19.4. The Morgan fingerprint density at radius 1 is 1.18 bits per heavy atom. The van der Waals surface area contributed by atoms with Crippen LogP contribution in [0.2, 0.25) is 0 Å². The number of halogens is 4. The van der Waals surface area contributed by atoms with Crippen molar-refractivity contribution in [1.29, 1.82) is 0 Å². The monoisotopic (exact) mass is 316 g/mol. The maximum Gasteiger partial charge on any atom is 0.417 e. The van der Waals surface area contributed by atoms with Gasteiger partial charge in [0.25, 0.3) is 0 Å². The van der Waals surface area contributed by atoms with Crippen LogP contribution in [0.4, 0.5) is 29.3 Å². The fourth-order valence-corrected chi connectivity index (χ4v) is 1.51. The van der Waals surface area contributed by atoms with Crippen LogP contribution in [0.25, 0.3) is 0 Å². The van der Waals surface area contributed by atoms with Crippen molar-refractivity contribution in [1.82, 2.24) is 9.97 Å². The topological polar surface area (TPSA) is 94.9 Å². The van der Waals surface area contributed by atoms with Crippen LogP contribution in [0.3, 0.4) is 0 Å². The molecule has 0 fully saturated rings. The molecule has 0 aliphatic heterocycles. The van der Waals surface area contributed by atoms with E-state index in [0.29, 0.717) is 11.9 Å². The number of benzene rings is 1. The van der Waals surface area contributed by atoms with E-state index in [4.69, 9.17) is 11.5 Å². The first-order valence-electron chi connectivity index (χ1n) is 5.83. The molecule has 4 N–H and O–H groups in total. The molecule has 0 bridgehead atoms. The third-order valence-electron chi connectivity index (χ3n) is 2.37. The Morgan fingerprint density at radius 3 is 2.18 bits per heavy atom. The zero-order valence-corrected chi connectivity index (χ0v) is 11.4. The molecular formula is C13H12F4N4O. The summed E-state index contributed by atoms with van der Waals surface area (Å²) in [7, 11) is 0. The molecule has 0 saturated carbocycles.